The van der Waals surface area contributed by atoms with E-state index in [9.17, 15) is 4.79 Å². The number of carbonyl (C=O) groups excluding carboxylic acids is 1. The van der Waals surface area contributed by atoms with Crippen LogP contribution in [0.25, 0.3) is 0 Å². The highest BCUT2D eigenvalue weighted by Gasteiger charge is 2.06. The van der Waals surface area contributed by atoms with Crippen LogP contribution in [-0.4, -0.2) is 18.5 Å². The van der Waals surface area contributed by atoms with Crippen LogP contribution in [0.5, 0.6) is 11.5 Å². The van der Waals surface area contributed by atoms with E-state index in [0.717, 1.165) is 24.5 Å². The molecular formula is C14H20O3. The molecule has 17 heavy (non-hydrogen) atoms. The SMILES string of the molecule is CCCOc1ccc(OC(C)CC(C)=O)cc1. The summed E-state index contributed by atoms with van der Waals surface area (Å²) < 4.78 is 11.1. The first-order valence-electron chi connectivity index (χ1n) is 6.00. The molecule has 1 unspecified atom stereocenters. The molecule has 0 amide bonds. The van der Waals surface area contributed by atoms with Crippen molar-refractivity contribution in [2.24, 2.45) is 0 Å². The molecule has 0 bridgehead atoms. The van der Waals surface area contributed by atoms with Gasteiger partial charge in [0.05, 0.1) is 6.61 Å². The van der Waals surface area contributed by atoms with Crippen LogP contribution in [0, 0.1) is 0 Å². The van der Waals surface area contributed by atoms with Gasteiger partial charge in [-0.05, 0) is 44.5 Å². The molecule has 0 spiro atoms. The van der Waals surface area contributed by atoms with Crippen molar-refractivity contribution in [1.82, 2.24) is 0 Å². The number of carbonyl (C=O) groups is 1. The second kappa shape index (κ2) is 6.94. The van der Waals surface area contributed by atoms with Gasteiger partial charge in [-0.3, -0.25) is 4.79 Å². The lowest BCUT2D eigenvalue weighted by atomic mass is 10.2. The predicted octanol–water partition coefficient (Wildman–Crippen LogP) is 3.22. The Morgan fingerprint density at radius 1 is 1.24 bits per heavy atom. The summed E-state index contributed by atoms with van der Waals surface area (Å²) in [6.07, 6.45) is 1.34. The van der Waals surface area contributed by atoms with Gasteiger partial charge >= 0.3 is 0 Å². The maximum Gasteiger partial charge on any atom is 0.133 e. The van der Waals surface area contributed by atoms with Gasteiger partial charge in [0.15, 0.2) is 0 Å². The average Bonchev–Trinajstić information content (AvgIpc) is 2.27. The van der Waals surface area contributed by atoms with Crippen LogP contribution >= 0.6 is 0 Å². The number of hydrogen-bond donors (Lipinski definition) is 0. The molecule has 0 N–H and O–H groups in total. The summed E-state index contributed by atoms with van der Waals surface area (Å²) >= 11 is 0. The van der Waals surface area contributed by atoms with Gasteiger partial charge < -0.3 is 9.47 Å². The fraction of sp³-hybridized carbons (Fsp3) is 0.500. The second-order valence-electron chi connectivity index (χ2n) is 4.15. The first-order valence-corrected chi connectivity index (χ1v) is 6.00. The predicted molar refractivity (Wildman–Crippen MR) is 67.6 cm³/mol. The van der Waals surface area contributed by atoms with Crippen molar-refractivity contribution < 1.29 is 14.3 Å². The van der Waals surface area contributed by atoms with Crippen molar-refractivity contribution >= 4 is 5.78 Å². The fourth-order valence-electron chi connectivity index (χ4n) is 1.51. The van der Waals surface area contributed by atoms with E-state index in [0.29, 0.717) is 6.42 Å². The lowest BCUT2D eigenvalue weighted by molar-refractivity contribution is -0.118. The molecule has 1 atom stereocenters. The van der Waals surface area contributed by atoms with E-state index >= 15 is 0 Å². The van der Waals surface area contributed by atoms with E-state index in [1.807, 2.05) is 31.2 Å². The molecule has 0 saturated heterocycles. The molecule has 0 fully saturated rings. The van der Waals surface area contributed by atoms with Gasteiger partial charge in [0, 0.05) is 6.42 Å². The maximum absolute atomic E-state index is 10.9. The molecule has 1 aromatic carbocycles. The maximum atomic E-state index is 10.9. The molecule has 1 aromatic rings. The number of Topliss-reactive ketones (excluding diaryl/α,β-unsaturated/α-hetero) is 1. The van der Waals surface area contributed by atoms with Crippen molar-refractivity contribution in [3.05, 3.63) is 24.3 Å². The van der Waals surface area contributed by atoms with Crippen molar-refractivity contribution in [2.75, 3.05) is 6.61 Å². The summed E-state index contributed by atoms with van der Waals surface area (Å²) in [5.74, 6) is 1.75. The molecule has 0 aliphatic carbocycles. The minimum Gasteiger partial charge on any atom is -0.494 e. The van der Waals surface area contributed by atoms with E-state index in [1.54, 1.807) is 6.92 Å². The summed E-state index contributed by atoms with van der Waals surface area (Å²) in [5.41, 5.74) is 0. The molecule has 1 rings (SSSR count). The Kier molecular flexibility index (Phi) is 5.53. The molecule has 3 heteroatoms. The van der Waals surface area contributed by atoms with Crippen molar-refractivity contribution in [1.29, 1.82) is 0 Å². The third-order valence-corrected chi connectivity index (χ3v) is 2.21. The Balaban J connectivity index is 2.47. The first kappa shape index (κ1) is 13.6. The van der Waals surface area contributed by atoms with Crippen LogP contribution in [0.4, 0.5) is 0 Å². The number of hydrogen-bond acceptors (Lipinski definition) is 3. The normalized spacial score (nSPS) is 11.9. The van der Waals surface area contributed by atoms with Crippen LogP contribution in [0.15, 0.2) is 24.3 Å². The van der Waals surface area contributed by atoms with Crippen LogP contribution in [-0.2, 0) is 4.79 Å². The molecule has 0 aliphatic heterocycles. The summed E-state index contributed by atoms with van der Waals surface area (Å²) in [7, 11) is 0. The zero-order chi connectivity index (χ0) is 12.7. The highest BCUT2D eigenvalue weighted by molar-refractivity contribution is 5.75. The average molecular weight is 236 g/mol. The largest absolute Gasteiger partial charge is 0.494 e. The summed E-state index contributed by atoms with van der Waals surface area (Å²) in [4.78, 5) is 10.9. The molecular weight excluding hydrogens is 216 g/mol. The van der Waals surface area contributed by atoms with E-state index in [4.69, 9.17) is 9.47 Å². The van der Waals surface area contributed by atoms with Gasteiger partial charge in [-0.25, -0.2) is 0 Å². The van der Waals surface area contributed by atoms with E-state index < -0.39 is 0 Å². The number of ketones is 1. The van der Waals surface area contributed by atoms with Gasteiger partial charge in [-0.15, -0.1) is 0 Å². The Labute approximate surface area is 103 Å². The molecule has 0 saturated carbocycles. The van der Waals surface area contributed by atoms with Crippen molar-refractivity contribution in [3.8, 4) is 11.5 Å². The molecule has 3 nitrogen and oxygen atoms in total. The molecule has 0 radical (unpaired) electrons. The molecule has 0 aromatic heterocycles. The minimum atomic E-state index is -0.0880. The van der Waals surface area contributed by atoms with Crippen LogP contribution < -0.4 is 9.47 Å². The highest BCUT2D eigenvalue weighted by Crippen LogP contribution is 2.19. The molecule has 0 heterocycles. The Bertz CT molecular complexity index is 343. The summed E-state index contributed by atoms with van der Waals surface area (Å²) in [6, 6.07) is 7.49. The van der Waals surface area contributed by atoms with Crippen LogP contribution in [0.2, 0.25) is 0 Å². The number of ether oxygens (including phenoxy) is 2. The Morgan fingerprint density at radius 2 is 1.82 bits per heavy atom. The van der Waals surface area contributed by atoms with Crippen LogP contribution in [0.1, 0.15) is 33.6 Å². The van der Waals surface area contributed by atoms with E-state index in [2.05, 4.69) is 6.92 Å². The lowest BCUT2D eigenvalue weighted by Crippen LogP contribution is -2.15. The van der Waals surface area contributed by atoms with Gasteiger partial charge in [0.25, 0.3) is 0 Å². The Morgan fingerprint density at radius 3 is 2.35 bits per heavy atom. The van der Waals surface area contributed by atoms with Gasteiger partial charge in [-0.2, -0.15) is 0 Å². The highest BCUT2D eigenvalue weighted by atomic mass is 16.5. The lowest BCUT2D eigenvalue weighted by Gasteiger charge is -2.13. The van der Waals surface area contributed by atoms with Gasteiger partial charge in [0.2, 0.25) is 0 Å². The summed E-state index contributed by atoms with van der Waals surface area (Å²) in [5, 5.41) is 0. The number of rotatable bonds is 7. The topological polar surface area (TPSA) is 35.5 Å². The zero-order valence-electron chi connectivity index (χ0n) is 10.7. The monoisotopic (exact) mass is 236 g/mol. The molecule has 94 valence electrons. The van der Waals surface area contributed by atoms with Crippen molar-refractivity contribution in [2.45, 2.75) is 39.7 Å². The second-order valence-corrected chi connectivity index (χ2v) is 4.15. The third kappa shape index (κ3) is 5.38. The standard InChI is InChI=1S/C14H20O3/c1-4-9-16-13-5-7-14(8-6-13)17-12(3)10-11(2)15/h5-8,12H,4,9-10H2,1-3H3. The fourth-order valence-corrected chi connectivity index (χ4v) is 1.51. The third-order valence-electron chi connectivity index (χ3n) is 2.21. The zero-order valence-corrected chi connectivity index (χ0v) is 10.7. The van der Waals surface area contributed by atoms with Gasteiger partial charge in [0.1, 0.15) is 23.4 Å². The quantitative estimate of drug-likeness (QED) is 0.729. The van der Waals surface area contributed by atoms with E-state index in [-0.39, 0.29) is 11.9 Å². The van der Waals surface area contributed by atoms with E-state index in [1.165, 1.54) is 0 Å². The Hall–Kier alpha value is -1.51. The van der Waals surface area contributed by atoms with Crippen LogP contribution in [0.3, 0.4) is 0 Å². The molecule has 0 aliphatic rings. The minimum absolute atomic E-state index is 0.0880. The van der Waals surface area contributed by atoms with Crippen molar-refractivity contribution in [3.63, 3.8) is 0 Å². The van der Waals surface area contributed by atoms with Gasteiger partial charge in [-0.1, -0.05) is 6.92 Å². The summed E-state index contributed by atoms with van der Waals surface area (Å²) in [6.45, 7) is 6.26. The smallest absolute Gasteiger partial charge is 0.133 e. The number of benzene rings is 1. The first-order chi connectivity index (χ1) is 8.11.